The molecule has 1 aromatic rings. The Kier molecular flexibility index (Phi) is 5.57. The van der Waals surface area contributed by atoms with E-state index in [0.29, 0.717) is 11.7 Å². The van der Waals surface area contributed by atoms with E-state index >= 15 is 0 Å². The van der Waals surface area contributed by atoms with Gasteiger partial charge in [0, 0.05) is 0 Å². The molecule has 0 heterocycles. The fourth-order valence-corrected chi connectivity index (χ4v) is 1.63. The second-order valence-corrected chi connectivity index (χ2v) is 4.82. The highest BCUT2D eigenvalue weighted by Crippen LogP contribution is 2.06. The number of hydrogen-bond acceptors (Lipinski definition) is 4. The molecule has 0 saturated carbocycles. The van der Waals surface area contributed by atoms with Crippen LogP contribution >= 0.6 is 12.2 Å². The van der Waals surface area contributed by atoms with Crippen molar-refractivity contribution in [3.05, 3.63) is 30.3 Å². The van der Waals surface area contributed by atoms with Crippen molar-refractivity contribution in [2.75, 3.05) is 12.0 Å². The summed E-state index contributed by atoms with van der Waals surface area (Å²) in [6.07, 6.45) is 0. The number of carbonyl (C=O) groups is 1. The van der Waals surface area contributed by atoms with E-state index in [4.69, 9.17) is 17.0 Å². The molecule has 0 saturated heterocycles. The minimum Gasteiger partial charge on any atom is -0.464 e. The summed E-state index contributed by atoms with van der Waals surface area (Å²) in [6, 6.07) is 9.52. The third kappa shape index (κ3) is 5.13. The number of anilines is 1. The Hall–Kier alpha value is -1.82. The highest BCUT2D eigenvalue weighted by Gasteiger charge is 2.29. The van der Waals surface area contributed by atoms with Gasteiger partial charge in [-0.05, 0) is 45.1 Å². The van der Waals surface area contributed by atoms with Crippen molar-refractivity contribution in [3.8, 4) is 0 Å². The number of rotatable bonds is 5. The van der Waals surface area contributed by atoms with Crippen LogP contribution in [0, 0.1) is 0 Å². The molecular formula is C13H19N3O2S. The van der Waals surface area contributed by atoms with Crippen molar-refractivity contribution in [2.45, 2.75) is 26.3 Å². The second-order valence-electron chi connectivity index (χ2n) is 4.42. The molecule has 0 aromatic heterocycles. The molecule has 6 heteroatoms. The van der Waals surface area contributed by atoms with E-state index in [0.717, 1.165) is 5.69 Å². The fourth-order valence-electron chi connectivity index (χ4n) is 1.33. The van der Waals surface area contributed by atoms with Crippen molar-refractivity contribution >= 4 is 29.0 Å². The highest BCUT2D eigenvalue weighted by molar-refractivity contribution is 7.80. The zero-order chi connectivity index (χ0) is 14.3. The van der Waals surface area contributed by atoms with Crippen molar-refractivity contribution in [2.24, 2.45) is 0 Å². The third-order valence-corrected chi connectivity index (χ3v) is 2.51. The lowest BCUT2D eigenvalue weighted by Gasteiger charge is -2.25. The lowest BCUT2D eigenvalue weighted by atomic mass is 10.1. The Bertz CT molecular complexity index is 435. The lowest BCUT2D eigenvalue weighted by molar-refractivity contribution is -0.149. The number of nitrogens with one attached hydrogen (secondary N) is 3. The van der Waals surface area contributed by atoms with Gasteiger partial charge in [0.1, 0.15) is 5.54 Å². The maximum absolute atomic E-state index is 11.7. The van der Waals surface area contributed by atoms with Gasteiger partial charge in [0.05, 0.1) is 12.3 Å². The van der Waals surface area contributed by atoms with Crippen LogP contribution in [-0.4, -0.2) is 23.2 Å². The van der Waals surface area contributed by atoms with Crippen LogP contribution in [0.3, 0.4) is 0 Å². The van der Waals surface area contributed by atoms with E-state index in [9.17, 15) is 4.79 Å². The summed E-state index contributed by atoms with van der Waals surface area (Å²) in [6.45, 7) is 5.52. The first-order valence-electron chi connectivity index (χ1n) is 6.02. The van der Waals surface area contributed by atoms with Crippen LogP contribution in [0.5, 0.6) is 0 Å². The molecule has 19 heavy (non-hydrogen) atoms. The summed E-state index contributed by atoms with van der Waals surface area (Å²) >= 11 is 5.11. The summed E-state index contributed by atoms with van der Waals surface area (Å²) in [7, 11) is 0. The quantitative estimate of drug-likeness (QED) is 0.435. The zero-order valence-electron chi connectivity index (χ0n) is 11.3. The first-order valence-corrected chi connectivity index (χ1v) is 6.43. The number of para-hydroxylation sites is 1. The minimum atomic E-state index is -0.877. The molecule has 0 radical (unpaired) electrons. The number of carbonyl (C=O) groups excluding carboxylic acids is 1. The van der Waals surface area contributed by atoms with Crippen LogP contribution in [0.4, 0.5) is 5.69 Å². The van der Waals surface area contributed by atoms with Gasteiger partial charge in [-0.15, -0.1) is 0 Å². The van der Waals surface area contributed by atoms with Crippen LogP contribution in [0.25, 0.3) is 0 Å². The van der Waals surface area contributed by atoms with Crippen LogP contribution in [-0.2, 0) is 9.53 Å². The summed E-state index contributed by atoms with van der Waals surface area (Å²) < 4.78 is 4.96. The summed E-state index contributed by atoms with van der Waals surface area (Å²) in [5, 5.41) is 3.22. The summed E-state index contributed by atoms with van der Waals surface area (Å²) in [5.74, 6) is -0.348. The maximum Gasteiger partial charge on any atom is 0.331 e. The van der Waals surface area contributed by atoms with Crippen LogP contribution in [0.1, 0.15) is 20.8 Å². The van der Waals surface area contributed by atoms with E-state index in [1.807, 2.05) is 30.3 Å². The number of benzene rings is 1. The van der Waals surface area contributed by atoms with Gasteiger partial charge in [-0.25, -0.2) is 4.79 Å². The Balaban J connectivity index is 2.44. The van der Waals surface area contributed by atoms with Crippen LogP contribution < -0.4 is 16.2 Å². The monoisotopic (exact) mass is 281 g/mol. The molecule has 5 nitrogen and oxygen atoms in total. The van der Waals surface area contributed by atoms with Crippen molar-refractivity contribution in [3.63, 3.8) is 0 Å². The Morgan fingerprint density at radius 2 is 1.95 bits per heavy atom. The first kappa shape index (κ1) is 15.2. The number of esters is 1. The summed E-state index contributed by atoms with van der Waals surface area (Å²) in [4.78, 5) is 11.7. The normalized spacial score (nSPS) is 10.5. The van der Waals surface area contributed by atoms with E-state index in [1.165, 1.54) is 0 Å². The van der Waals surface area contributed by atoms with Crippen molar-refractivity contribution in [1.82, 2.24) is 10.7 Å². The fraction of sp³-hybridized carbons (Fsp3) is 0.385. The largest absolute Gasteiger partial charge is 0.464 e. The molecule has 0 aliphatic carbocycles. The van der Waals surface area contributed by atoms with Crippen LogP contribution in [0.15, 0.2) is 30.3 Å². The minimum absolute atomic E-state index is 0.321. The van der Waals surface area contributed by atoms with Crippen molar-refractivity contribution < 1.29 is 9.53 Å². The molecule has 0 bridgehead atoms. The standard InChI is InChI=1S/C13H19N3O2S/c1-4-18-11(17)13(2,3)14-12(19)16-15-10-8-6-5-7-9-10/h5-9,15H,4H2,1-3H3,(H2,14,16,19). The molecule has 0 amide bonds. The van der Waals surface area contributed by atoms with E-state index in [2.05, 4.69) is 16.2 Å². The van der Waals surface area contributed by atoms with Crippen LogP contribution in [0.2, 0.25) is 0 Å². The molecular weight excluding hydrogens is 262 g/mol. The van der Waals surface area contributed by atoms with Gasteiger partial charge in [-0.3, -0.25) is 10.9 Å². The van der Waals surface area contributed by atoms with Gasteiger partial charge in [0.25, 0.3) is 0 Å². The molecule has 1 aromatic carbocycles. The van der Waals surface area contributed by atoms with Gasteiger partial charge in [-0.1, -0.05) is 18.2 Å². The Labute approximate surface area is 118 Å². The van der Waals surface area contributed by atoms with Gasteiger partial charge < -0.3 is 10.1 Å². The number of thiocarbonyl (C=S) groups is 1. The van der Waals surface area contributed by atoms with Gasteiger partial charge in [-0.2, -0.15) is 0 Å². The van der Waals surface area contributed by atoms with Gasteiger partial charge >= 0.3 is 5.97 Å². The van der Waals surface area contributed by atoms with E-state index in [-0.39, 0.29) is 5.97 Å². The molecule has 0 aliphatic rings. The Morgan fingerprint density at radius 3 is 2.53 bits per heavy atom. The van der Waals surface area contributed by atoms with E-state index in [1.54, 1.807) is 20.8 Å². The number of hydrazine groups is 1. The third-order valence-electron chi connectivity index (χ3n) is 2.31. The molecule has 0 aliphatic heterocycles. The molecule has 3 N–H and O–H groups in total. The SMILES string of the molecule is CCOC(=O)C(C)(C)NC(=S)NNc1ccccc1. The average Bonchev–Trinajstić information content (AvgIpc) is 2.37. The van der Waals surface area contributed by atoms with Crippen molar-refractivity contribution in [1.29, 1.82) is 0 Å². The highest BCUT2D eigenvalue weighted by atomic mass is 32.1. The molecule has 0 spiro atoms. The predicted molar refractivity (Wildman–Crippen MR) is 79.6 cm³/mol. The molecule has 0 fully saturated rings. The molecule has 1 rings (SSSR count). The van der Waals surface area contributed by atoms with Gasteiger partial charge in [0.2, 0.25) is 0 Å². The Morgan fingerprint density at radius 1 is 1.32 bits per heavy atom. The number of hydrogen-bond donors (Lipinski definition) is 3. The topological polar surface area (TPSA) is 62.4 Å². The zero-order valence-corrected chi connectivity index (χ0v) is 12.1. The second kappa shape index (κ2) is 6.94. The smallest absolute Gasteiger partial charge is 0.331 e. The van der Waals surface area contributed by atoms with Gasteiger partial charge in [0.15, 0.2) is 5.11 Å². The average molecular weight is 281 g/mol. The number of ether oxygens (including phenoxy) is 1. The first-order chi connectivity index (χ1) is 8.95. The predicted octanol–water partition coefficient (Wildman–Crippen LogP) is 1.82. The molecule has 104 valence electrons. The molecule has 0 unspecified atom stereocenters. The summed E-state index contributed by atoms with van der Waals surface area (Å²) in [5.41, 5.74) is 5.75. The molecule has 0 atom stereocenters. The maximum atomic E-state index is 11.7. The van der Waals surface area contributed by atoms with E-state index < -0.39 is 5.54 Å². The lowest BCUT2D eigenvalue weighted by Crippen LogP contribution is -2.54.